The van der Waals surface area contributed by atoms with Crippen molar-refractivity contribution in [2.24, 2.45) is 11.8 Å². The van der Waals surface area contributed by atoms with Crippen LogP contribution < -0.4 is 0 Å². The van der Waals surface area contributed by atoms with Crippen molar-refractivity contribution < 1.29 is 25.8 Å². The topological polar surface area (TPSA) is 43.4 Å². The van der Waals surface area contributed by atoms with E-state index in [2.05, 4.69) is 4.18 Å². The lowest BCUT2D eigenvalue weighted by molar-refractivity contribution is -0.0524. The van der Waals surface area contributed by atoms with Crippen molar-refractivity contribution in [3.63, 3.8) is 0 Å². The lowest BCUT2D eigenvalue weighted by Crippen LogP contribution is -2.25. The molecule has 0 radical (unpaired) electrons. The fourth-order valence-electron chi connectivity index (χ4n) is 1.71. The van der Waals surface area contributed by atoms with Crippen LogP contribution >= 0.6 is 0 Å². The molecule has 1 aliphatic carbocycles. The number of hydrogen-bond donors (Lipinski definition) is 0. The van der Waals surface area contributed by atoms with Gasteiger partial charge in [0.1, 0.15) is 5.76 Å². The molecule has 2 atom stereocenters. The van der Waals surface area contributed by atoms with Gasteiger partial charge >= 0.3 is 15.6 Å². The van der Waals surface area contributed by atoms with Crippen LogP contribution in [0.3, 0.4) is 0 Å². The standard InChI is InChI=1S/C10H15F3O3S/c1-7-3-4-8(2)6-9(5-7)16-17(14,15)10(11,12)13/h5,7-8H,3-4,6H2,1-2H3. The molecule has 1 aliphatic rings. The molecule has 0 saturated carbocycles. The van der Waals surface area contributed by atoms with Gasteiger partial charge in [0.2, 0.25) is 0 Å². The third-order valence-electron chi connectivity index (χ3n) is 2.64. The Morgan fingerprint density at radius 1 is 1.29 bits per heavy atom. The zero-order valence-corrected chi connectivity index (χ0v) is 10.4. The predicted molar refractivity (Wildman–Crippen MR) is 56.3 cm³/mol. The third-order valence-corrected chi connectivity index (χ3v) is 3.64. The van der Waals surface area contributed by atoms with Gasteiger partial charge in [-0.1, -0.05) is 13.8 Å². The molecule has 0 bridgehead atoms. The molecule has 2 unspecified atom stereocenters. The largest absolute Gasteiger partial charge is 0.534 e. The monoisotopic (exact) mass is 272 g/mol. The van der Waals surface area contributed by atoms with E-state index in [1.54, 1.807) is 0 Å². The quantitative estimate of drug-likeness (QED) is 0.572. The summed E-state index contributed by atoms with van der Waals surface area (Å²) in [5.74, 6) is 0.0489. The molecular weight excluding hydrogens is 257 g/mol. The van der Waals surface area contributed by atoms with E-state index < -0.39 is 15.6 Å². The van der Waals surface area contributed by atoms with Crippen molar-refractivity contribution in [2.45, 2.75) is 38.6 Å². The Balaban J connectivity index is 2.87. The smallest absolute Gasteiger partial charge is 0.381 e. The molecule has 0 fully saturated rings. The zero-order chi connectivity index (χ0) is 13.3. The normalized spacial score (nSPS) is 27.2. The Labute approximate surface area is 98.8 Å². The second kappa shape index (κ2) is 4.88. The van der Waals surface area contributed by atoms with Gasteiger partial charge in [0.25, 0.3) is 0 Å². The van der Waals surface area contributed by atoms with Crippen molar-refractivity contribution >= 4 is 10.1 Å². The first-order valence-corrected chi connectivity index (χ1v) is 6.74. The first kappa shape index (κ1) is 14.3. The highest BCUT2D eigenvalue weighted by Gasteiger charge is 2.48. The summed E-state index contributed by atoms with van der Waals surface area (Å²) in [6, 6.07) is 0. The first-order chi connectivity index (χ1) is 7.62. The highest BCUT2D eigenvalue weighted by molar-refractivity contribution is 7.87. The van der Waals surface area contributed by atoms with E-state index >= 15 is 0 Å². The van der Waals surface area contributed by atoms with Gasteiger partial charge in [-0.05, 0) is 30.8 Å². The maximum atomic E-state index is 12.1. The van der Waals surface area contributed by atoms with E-state index in [4.69, 9.17) is 0 Å². The van der Waals surface area contributed by atoms with Crippen LogP contribution in [0, 0.1) is 11.8 Å². The van der Waals surface area contributed by atoms with Gasteiger partial charge in [0, 0.05) is 6.42 Å². The molecule has 0 aromatic carbocycles. The van der Waals surface area contributed by atoms with Crippen LogP contribution in [0.1, 0.15) is 33.1 Å². The van der Waals surface area contributed by atoms with E-state index in [0.29, 0.717) is 0 Å². The Bertz CT molecular complexity index is 398. The summed E-state index contributed by atoms with van der Waals surface area (Å²) in [5, 5.41) is 0. The average Bonchev–Trinajstić information content (AvgIpc) is 2.25. The number of rotatable bonds is 2. The highest BCUT2D eigenvalue weighted by Crippen LogP contribution is 2.32. The lowest BCUT2D eigenvalue weighted by Gasteiger charge is -2.13. The van der Waals surface area contributed by atoms with Crippen LogP contribution in [0.2, 0.25) is 0 Å². The fourth-order valence-corrected chi connectivity index (χ4v) is 2.21. The van der Waals surface area contributed by atoms with Crippen LogP contribution in [0.15, 0.2) is 11.8 Å². The Morgan fingerprint density at radius 2 is 1.88 bits per heavy atom. The minimum atomic E-state index is -5.53. The van der Waals surface area contributed by atoms with Crippen molar-refractivity contribution in [3.8, 4) is 0 Å². The summed E-state index contributed by atoms with van der Waals surface area (Å²) in [6.07, 6.45) is 3.35. The average molecular weight is 272 g/mol. The summed E-state index contributed by atoms with van der Waals surface area (Å²) in [5.41, 5.74) is -5.37. The van der Waals surface area contributed by atoms with Gasteiger partial charge in [-0.25, -0.2) is 0 Å². The van der Waals surface area contributed by atoms with Crippen molar-refractivity contribution in [1.29, 1.82) is 0 Å². The minimum absolute atomic E-state index is 0.0263. The Hall–Kier alpha value is -0.720. The van der Waals surface area contributed by atoms with Crippen molar-refractivity contribution in [2.75, 3.05) is 0 Å². The molecule has 1 rings (SSSR count). The number of halogens is 3. The molecule has 0 amide bonds. The minimum Gasteiger partial charge on any atom is -0.381 e. The molecular formula is C10H15F3O3S. The number of allylic oxidation sites excluding steroid dienone is 2. The lowest BCUT2D eigenvalue weighted by atomic mass is 10.0. The van der Waals surface area contributed by atoms with Gasteiger partial charge in [0.05, 0.1) is 0 Å². The van der Waals surface area contributed by atoms with Gasteiger partial charge in [-0.3, -0.25) is 0 Å². The van der Waals surface area contributed by atoms with Gasteiger partial charge < -0.3 is 4.18 Å². The summed E-state index contributed by atoms with van der Waals surface area (Å²) in [7, 11) is -5.53. The molecule has 3 nitrogen and oxygen atoms in total. The van der Waals surface area contributed by atoms with Crippen LogP contribution in [0.5, 0.6) is 0 Å². The van der Waals surface area contributed by atoms with Crippen molar-refractivity contribution in [3.05, 3.63) is 11.8 Å². The molecule has 0 saturated heterocycles. The maximum absolute atomic E-state index is 12.1. The van der Waals surface area contributed by atoms with E-state index in [9.17, 15) is 21.6 Å². The molecule has 0 aromatic rings. The third kappa shape index (κ3) is 3.90. The molecule has 0 aromatic heterocycles. The summed E-state index contributed by atoms with van der Waals surface area (Å²) in [4.78, 5) is 0. The van der Waals surface area contributed by atoms with E-state index in [1.807, 2.05) is 13.8 Å². The molecule has 0 aliphatic heterocycles. The SMILES string of the molecule is CC1C=C(OS(=O)(=O)C(F)(F)F)CC(C)CC1. The molecule has 0 heterocycles. The van der Waals surface area contributed by atoms with E-state index in [0.717, 1.165) is 12.8 Å². The second-order valence-electron chi connectivity index (χ2n) is 4.48. The van der Waals surface area contributed by atoms with E-state index in [-0.39, 0.29) is 24.0 Å². The van der Waals surface area contributed by atoms with Crippen LogP contribution in [-0.4, -0.2) is 13.9 Å². The molecule has 0 spiro atoms. The van der Waals surface area contributed by atoms with E-state index in [1.165, 1.54) is 6.08 Å². The molecule has 0 N–H and O–H groups in total. The van der Waals surface area contributed by atoms with Crippen molar-refractivity contribution in [1.82, 2.24) is 0 Å². The van der Waals surface area contributed by atoms with Crippen LogP contribution in [0.25, 0.3) is 0 Å². The first-order valence-electron chi connectivity index (χ1n) is 5.33. The highest BCUT2D eigenvalue weighted by atomic mass is 32.2. The Kier molecular flexibility index (Phi) is 4.11. The fraction of sp³-hybridized carbons (Fsp3) is 0.800. The van der Waals surface area contributed by atoms with Gasteiger partial charge in [0.15, 0.2) is 0 Å². The summed E-state index contributed by atoms with van der Waals surface area (Å²) >= 11 is 0. The molecule has 7 heteroatoms. The molecule has 17 heavy (non-hydrogen) atoms. The van der Waals surface area contributed by atoms with Crippen LogP contribution in [-0.2, 0) is 14.3 Å². The Morgan fingerprint density at radius 3 is 2.41 bits per heavy atom. The molecule has 100 valence electrons. The summed E-state index contributed by atoms with van der Waals surface area (Å²) in [6.45, 7) is 3.68. The van der Waals surface area contributed by atoms with Crippen LogP contribution in [0.4, 0.5) is 13.2 Å². The maximum Gasteiger partial charge on any atom is 0.534 e. The second-order valence-corrected chi connectivity index (χ2v) is 6.02. The predicted octanol–water partition coefficient (Wildman–Crippen LogP) is 3.19. The zero-order valence-electron chi connectivity index (χ0n) is 9.62. The van der Waals surface area contributed by atoms with Gasteiger partial charge in [-0.2, -0.15) is 21.6 Å². The van der Waals surface area contributed by atoms with Gasteiger partial charge in [-0.15, -0.1) is 0 Å². The number of alkyl halides is 3. The summed E-state index contributed by atoms with van der Waals surface area (Å²) < 4.78 is 62.3. The number of hydrogen-bond acceptors (Lipinski definition) is 3.